The van der Waals surface area contributed by atoms with Crippen LogP contribution in [-0.4, -0.2) is 37.5 Å². The van der Waals surface area contributed by atoms with E-state index in [4.69, 9.17) is 0 Å². The van der Waals surface area contributed by atoms with Crippen molar-refractivity contribution in [3.05, 3.63) is 50.4 Å². The summed E-state index contributed by atoms with van der Waals surface area (Å²) in [6, 6.07) is 1.22. The van der Waals surface area contributed by atoms with E-state index in [1.165, 1.54) is 40.2 Å². The number of aromatic nitrogens is 4. The third-order valence-corrected chi connectivity index (χ3v) is 4.24. The number of amides is 2. The van der Waals surface area contributed by atoms with Gasteiger partial charge in [0.25, 0.3) is 11.1 Å². The highest BCUT2D eigenvalue weighted by molar-refractivity contribution is 7.17. The molecule has 0 bridgehead atoms. The molecule has 0 radical (unpaired) electrons. The number of rotatable bonds is 3. The van der Waals surface area contributed by atoms with Crippen LogP contribution < -0.4 is 16.4 Å². The molecule has 0 aliphatic carbocycles. The van der Waals surface area contributed by atoms with E-state index in [1.807, 2.05) is 0 Å². The maximum atomic E-state index is 12.2. The van der Waals surface area contributed by atoms with Gasteiger partial charge in [0.2, 0.25) is 5.82 Å². The van der Waals surface area contributed by atoms with Gasteiger partial charge >= 0.3 is 6.03 Å². The van der Waals surface area contributed by atoms with Gasteiger partial charge in [-0.25, -0.2) is 14.8 Å². The maximum Gasteiger partial charge on any atom is 0.323 e. The first-order valence-electron chi connectivity index (χ1n) is 6.96. The van der Waals surface area contributed by atoms with E-state index >= 15 is 0 Å². The summed E-state index contributed by atoms with van der Waals surface area (Å²) in [7, 11) is 3.09. The standard InChI is InChI=1S/C14H14N6O3S/c1-19-5-4-15-11(13(19)22)18-14(23)20(2)7-9-16-8-3-6-24-10(8)12(21)17-9/h3-6H,7H2,1-2H3,(H,15,18,23)(H,16,17,21). The fourth-order valence-electron chi connectivity index (χ4n) is 2.07. The lowest BCUT2D eigenvalue weighted by atomic mass is 10.4. The van der Waals surface area contributed by atoms with Crippen molar-refractivity contribution < 1.29 is 4.79 Å². The van der Waals surface area contributed by atoms with Crippen molar-refractivity contribution in [1.29, 1.82) is 0 Å². The third-order valence-electron chi connectivity index (χ3n) is 3.34. The molecule has 9 nitrogen and oxygen atoms in total. The Hall–Kier alpha value is -3.01. The van der Waals surface area contributed by atoms with Gasteiger partial charge < -0.3 is 14.5 Å². The number of hydrogen-bond donors (Lipinski definition) is 2. The van der Waals surface area contributed by atoms with Crippen molar-refractivity contribution in [2.75, 3.05) is 12.4 Å². The summed E-state index contributed by atoms with van der Waals surface area (Å²) >= 11 is 1.31. The van der Waals surface area contributed by atoms with Crippen LogP contribution in [0.3, 0.4) is 0 Å². The van der Waals surface area contributed by atoms with Gasteiger partial charge in [0.15, 0.2) is 0 Å². The zero-order valence-electron chi connectivity index (χ0n) is 12.9. The van der Waals surface area contributed by atoms with Crippen LogP contribution >= 0.6 is 11.3 Å². The lowest BCUT2D eigenvalue weighted by Crippen LogP contribution is -2.35. The number of fused-ring (bicyclic) bond motifs is 1. The monoisotopic (exact) mass is 346 g/mol. The zero-order valence-corrected chi connectivity index (χ0v) is 13.8. The molecule has 124 valence electrons. The van der Waals surface area contributed by atoms with Gasteiger partial charge in [-0.3, -0.25) is 14.9 Å². The highest BCUT2D eigenvalue weighted by Crippen LogP contribution is 2.14. The van der Waals surface area contributed by atoms with Crippen LogP contribution in [0.15, 0.2) is 33.4 Å². The van der Waals surface area contributed by atoms with Crippen molar-refractivity contribution in [2.24, 2.45) is 7.05 Å². The number of carbonyl (C=O) groups is 1. The van der Waals surface area contributed by atoms with Crippen molar-refractivity contribution in [1.82, 2.24) is 24.4 Å². The third kappa shape index (κ3) is 3.04. The Morgan fingerprint density at radius 1 is 1.46 bits per heavy atom. The molecule has 0 aromatic carbocycles. The van der Waals surface area contributed by atoms with E-state index in [2.05, 4.69) is 20.3 Å². The summed E-state index contributed by atoms with van der Waals surface area (Å²) in [5, 5.41) is 4.22. The van der Waals surface area contributed by atoms with Gasteiger partial charge in [-0.2, -0.15) is 0 Å². The van der Waals surface area contributed by atoms with Crippen LogP contribution in [0.1, 0.15) is 5.82 Å². The van der Waals surface area contributed by atoms with Gasteiger partial charge in [0.1, 0.15) is 10.5 Å². The molecule has 3 aromatic rings. The second-order valence-electron chi connectivity index (χ2n) is 5.13. The number of nitrogens with zero attached hydrogens (tertiary/aromatic N) is 4. The smallest absolute Gasteiger partial charge is 0.320 e. The number of aromatic amines is 1. The number of anilines is 1. The highest BCUT2D eigenvalue weighted by Gasteiger charge is 2.14. The Kier molecular flexibility index (Phi) is 4.13. The maximum absolute atomic E-state index is 12.2. The summed E-state index contributed by atoms with van der Waals surface area (Å²) in [5.74, 6) is 0.295. The van der Waals surface area contributed by atoms with Crippen molar-refractivity contribution in [3.8, 4) is 0 Å². The van der Waals surface area contributed by atoms with Crippen LogP contribution in [0, 0.1) is 0 Å². The molecule has 0 unspecified atom stereocenters. The Balaban J connectivity index is 1.77. The summed E-state index contributed by atoms with van der Waals surface area (Å²) in [6.07, 6.45) is 2.91. The minimum atomic E-state index is -0.529. The van der Waals surface area contributed by atoms with Crippen LogP contribution in [0.5, 0.6) is 0 Å². The molecule has 2 N–H and O–H groups in total. The number of thiophene rings is 1. The summed E-state index contributed by atoms with van der Waals surface area (Å²) in [4.78, 5) is 48.1. The van der Waals surface area contributed by atoms with Crippen molar-refractivity contribution in [2.45, 2.75) is 6.54 Å². The lowest BCUT2D eigenvalue weighted by Gasteiger charge is -2.16. The van der Waals surface area contributed by atoms with E-state index in [0.717, 1.165) is 0 Å². The van der Waals surface area contributed by atoms with E-state index in [-0.39, 0.29) is 17.9 Å². The number of H-pyrrole nitrogens is 1. The van der Waals surface area contributed by atoms with Crippen molar-refractivity contribution >= 4 is 33.4 Å². The summed E-state index contributed by atoms with van der Waals surface area (Å²) in [6.45, 7) is 0.0833. The zero-order chi connectivity index (χ0) is 17.3. The highest BCUT2D eigenvalue weighted by atomic mass is 32.1. The van der Waals surface area contributed by atoms with Gasteiger partial charge in [0, 0.05) is 26.5 Å². The first-order chi connectivity index (χ1) is 11.5. The second-order valence-corrected chi connectivity index (χ2v) is 6.04. The predicted octanol–water partition coefficient (Wildman–Crippen LogP) is 0.742. The topological polar surface area (TPSA) is 113 Å². The molecular weight excluding hydrogens is 332 g/mol. The van der Waals surface area contributed by atoms with Crippen LogP contribution in [0.25, 0.3) is 10.2 Å². The van der Waals surface area contributed by atoms with E-state index in [9.17, 15) is 14.4 Å². The number of nitrogens with one attached hydrogen (secondary N) is 2. The fraction of sp³-hybridized carbons (Fsp3) is 0.214. The Morgan fingerprint density at radius 3 is 3.04 bits per heavy atom. The number of urea groups is 1. The Bertz CT molecular complexity index is 1020. The molecule has 0 saturated carbocycles. The number of hydrogen-bond acceptors (Lipinski definition) is 6. The van der Waals surface area contributed by atoms with Crippen LogP contribution in [0.2, 0.25) is 0 Å². The van der Waals surface area contributed by atoms with Gasteiger partial charge in [-0.15, -0.1) is 11.3 Å². The first-order valence-corrected chi connectivity index (χ1v) is 7.84. The molecule has 10 heteroatoms. The lowest BCUT2D eigenvalue weighted by molar-refractivity contribution is 0.219. The van der Waals surface area contributed by atoms with Crippen molar-refractivity contribution in [3.63, 3.8) is 0 Å². The van der Waals surface area contributed by atoms with Gasteiger partial charge in [-0.05, 0) is 11.4 Å². The summed E-state index contributed by atoms with van der Waals surface area (Å²) in [5.41, 5.74) is -0.0611. The molecule has 2 amide bonds. The molecule has 0 spiro atoms. The first kappa shape index (κ1) is 15.9. The normalized spacial score (nSPS) is 10.8. The van der Waals surface area contributed by atoms with Crippen LogP contribution in [-0.2, 0) is 13.6 Å². The van der Waals surface area contributed by atoms with Crippen LogP contribution in [0.4, 0.5) is 10.6 Å². The second kappa shape index (κ2) is 6.24. The minimum Gasteiger partial charge on any atom is -0.320 e. The number of aryl methyl sites for hydroxylation is 1. The summed E-state index contributed by atoms with van der Waals surface area (Å²) < 4.78 is 1.86. The van der Waals surface area contributed by atoms with Gasteiger partial charge in [0.05, 0.1) is 12.1 Å². The molecule has 24 heavy (non-hydrogen) atoms. The van der Waals surface area contributed by atoms with E-state index in [1.54, 1.807) is 18.5 Å². The minimum absolute atomic E-state index is 0.0633. The average molecular weight is 346 g/mol. The SMILES string of the molecule is CN(Cc1nc2ccsc2c(=O)[nH]1)C(=O)Nc1nccn(C)c1=O. The number of carbonyl (C=O) groups excluding carboxylic acids is 1. The Morgan fingerprint density at radius 2 is 2.25 bits per heavy atom. The Labute approximate surface area is 139 Å². The molecule has 3 heterocycles. The fourth-order valence-corrected chi connectivity index (χ4v) is 2.80. The predicted molar refractivity (Wildman–Crippen MR) is 90.2 cm³/mol. The van der Waals surface area contributed by atoms with Gasteiger partial charge in [-0.1, -0.05) is 0 Å². The largest absolute Gasteiger partial charge is 0.323 e. The average Bonchev–Trinajstić information content (AvgIpc) is 3.00. The molecule has 0 saturated heterocycles. The molecular formula is C14H14N6O3S. The van der Waals surface area contributed by atoms with E-state index in [0.29, 0.717) is 16.0 Å². The molecule has 0 fully saturated rings. The quantitative estimate of drug-likeness (QED) is 0.726. The molecule has 0 aliphatic rings. The molecule has 0 atom stereocenters. The molecule has 0 aliphatic heterocycles. The van der Waals surface area contributed by atoms with E-state index < -0.39 is 11.6 Å². The molecule has 3 rings (SSSR count). The molecule has 3 aromatic heterocycles.